The Balaban J connectivity index is 2.68. The molecule has 1 aromatic rings. The van der Waals surface area contributed by atoms with E-state index < -0.39 is 0 Å². The van der Waals surface area contributed by atoms with E-state index in [0.717, 1.165) is 19.6 Å². The maximum absolute atomic E-state index is 13.2. The molecule has 0 atom stereocenters. The van der Waals surface area contributed by atoms with Gasteiger partial charge < -0.3 is 9.64 Å². The molecule has 0 heterocycles. The molecule has 1 aromatic carbocycles. The van der Waals surface area contributed by atoms with E-state index in [-0.39, 0.29) is 11.7 Å². The van der Waals surface area contributed by atoms with Crippen LogP contribution >= 0.6 is 11.6 Å². The van der Waals surface area contributed by atoms with Gasteiger partial charge in [0.2, 0.25) is 0 Å². The van der Waals surface area contributed by atoms with Crippen molar-refractivity contribution in [1.82, 2.24) is 4.90 Å². The van der Waals surface area contributed by atoms with Crippen LogP contribution in [0.5, 0.6) is 5.75 Å². The zero-order valence-corrected chi connectivity index (χ0v) is 12.1. The minimum atomic E-state index is -0.325. The van der Waals surface area contributed by atoms with Gasteiger partial charge >= 0.3 is 0 Å². The molecule has 0 unspecified atom stereocenters. The summed E-state index contributed by atoms with van der Waals surface area (Å²) in [5.41, 5.74) is 0.668. The Morgan fingerprint density at radius 3 is 2.68 bits per heavy atom. The average Bonchev–Trinajstić information content (AvgIpc) is 2.42. The van der Waals surface area contributed by atoms with Crippen molar-refractivity contribution in [2.24, 2.45) is 0 Å². The molecule has 104 valence electrons. The standard InChI is InChI=1S/C15H19ClFNO/c1-3-18(4-2)10-11-19-15-12-14(17)8-7-13(15)6-5-9-16/h7-8,12H,3-4,9-11H2,1-2H3. The van der Waals surface area contributed by atoms with Gasteiger partial charge in [0.1, 0.15) is 18.2 Å². The summed E-state index contributed by atoms with van der Waals surface area (Å²) in [6, 6.07) is 4.34. The molecule has 0 aliphatic heterocycles. The van der Waals surface area contributed by atoms with E-state index in [1.165, 1.54) is 12.1 Å². The number of halogens is 2. The lowest BCUT2D eigenvalue weighted by Crippen LogP contribution is -2.28. The number of benzene rings is 1. The van der Waals surface area contributed by atoms with Gasteiger partial charge in [-0.05, 0) is 25.2 Å². The smallest absolute Gasteiger partial charge is 0.137 e. The first-order chi connectivity index (χ1) is 9.21. The van der Waals surface area contributed by atoms with Gasteiger partial charge in [-0.3, -0.25) is 0 Å². The van der Waals surface area contributed by atoms with Crippen LogP contribution in [0.1, 0.15) is 19.4 Å². The van der Waals surface area contributed by atoms with Gasteiger partial charge in [0.05, 0.1) is 11.4 Å². The van der Waals surface area contributed by atoms with Gasteiger partial charge in [-0.15, -0.1) is 11.6 Å². The fourth-order valence-electron chi connectivity index (χ4n) is 1.67. The molecule has 2 nitrogen and oxygen atoms in total. The van der Waals surface area contributed by atoms with Crippen LogP contribution in [0.3, 0.4) is 0 Å². The zero-order valence-electron chi connectivity index (χ0n) is 11.4. The summed E-state index contributed by atoms with van der Waals surface area (Å²) in [7, 11) is 0. The first-order valence-corrected chi connectivity index (χ1v) is 6.94. The Hall–Kier alpha value is -1.24. The second-order valence-electron chi connectivity index (χ2n) is 3.95. The van der Waals surface area contributed by atoms with Gasteiger partial charge in [0, 0.05) is 12.6 Å². The molecule has 0 aliphatic carbocycles. The predicted octanol–water partition coefficient (Wildman–Crippen LogP) is 3.14. The molecule has 19 heavy (non-hydrogen) atoms. The van der Waals surface area contributed by atoms with Crippen molar-refractivity contribution in [3.63, 3.8) is 0 Å². The van der Waals surface area contributed by atoms with Crippen molar-refractivity contribution in [3.8, 4) is 17.6 Å². The normalized spacial score (nSPS) is 10.2. The summed E-state index contributed by atoms with van der Waals surface area (Å²) in [6.07, 6.45) is 0. The summed E-state index contributed by atoms with van der Waals surface area (Å²) >= 11 is 5.52. The van der Waals surface area contributed by atoms with Crippen LogP contribution in [0.2, 0.25) is 0 Å². The zero-order chi connectivity index (χ0) is 14.1. The van der Waals surface area contributed by atoms with Crippen molar-refractivity contribution in [1.29, 1.82) is 0 Å². The second kappa shape index (κ2) is 8.79. The molecule has 0 N–H and O–H groups in total. The fourth-order valence-corrected chi connectivity index (χ4v) is 1.74. The molecule has 1 rings (SSSR count). The third-order valence-electron chi connectivity index (χ3n) is 2.79. The molecule has 0 aliphatic rings. The molecular formula is C15H19ClFNO. The molecule has 0 aromatic heterocycles. The molecule has 0 amide bonds. The highest BCUT2D eigenvalue weighted by molar-refractivity contribution is 6.19. The van der Waals surface area contributed by atoms with E-state index in [4.69, 9.17) is 16.3 Å². The van der Waals surface area contributed by atoms with Crippen LogP contribution in [0.25, 0.3) is 0 Å². The SMILES string of the molecule is CCN(CC)CCOc1cc(F)ccc1C#CCCl. The number of nitrogens with zero attached hydrogens (tertiary/aromatic N) is 1. The molecule has 0 saturated heterocycles. The molecular weight excluding hydrogens is 265 g/mol. The Morgan fingerprint density at radius 1 is 1.32 bits per heavy atom. The van der Waals surface area contributed by atoms with E-state index in [1.807, 2.05) is 0 Å². The molecule has 0 fully saturated rings. The van der Waals surface area contributed by atoms with Crippen molar-refractivity contribution in [2.75, 3.05) is 32.1 Å². The number of likely N-dealkylation sites (N-methyl/N-ethyl adjacent to an activating group) is 1. The van der Waals surface area contributed by atoms with Crippen LogP contribution in [0.15, 0.2) is 18.2 Å². The van der Waals surface area contributed by atoms with Crippen LogP contribution < -0.4 is 4.74 Å². The quantitative estimate of drug-likeness (QED) is 0.587. The monoisotopic (exact) mass is 283 g/mol. The van der Waals surface area contributed by atoms with Gasteiger partial charge in [0.25, 0.3) is 0 Å². The first-order valence-electron chi connectivity index (χ1n) is 6.40. The minimum Gasteiger partial charge on any atom is -0.491 e. The highest BCUT2D eigenvalue weighted by Gasteiger charge is 2.05. The highest BCUT2D eigenvalue weighted by Crippen LogP contribution is 2.19. The fraction of sp³-hybridized carbons (Fsp3) is 0.467. The lowest BCUT2D eigenvalue weighted by atomic mass is 10.2. The number of alkyl halides is 1. The molecule has 0 bridgehead atoms. The Kier molecular flexibility index (Phi) is 7.32. The van der Waals surface area contributed by atoms with E-state index in [0.29, 0.717) is 17.9 Å². The number of hydrogen-bond acceptors (Lipinski definition) is 2. The summed E-state index contributed by atoms with van der Waals surface area (Å²) in [6.45, 7) is 7.47. The van der Waals surface area contributed by atoms with Gasteiger partial charge in [-0.25, -0.2) is 4.39 Å². The average molecular weight is 284 g/mol. The maximum atomic E-state index is 13.2. The number of hydrogen-bond donors (Lipinski definition) is 0. The maximum Gasteiger partial charge on any atom is 0.137 e. The second-order valence-corrected chi connectivity index (χ2v) is 4.22. The van der Waals surface area contributed by atoms with Crippen LogP contribution in [-0.4, -0.2) is 37.0 Å². The summed E-state index contributed by atoms with van der Waals surface area (Å²) in [4.78, 5) is 2.24. The Labute approximate surface area is 119 Å². The van der Waals surface area contributed by atoms with Crippen LogP contribution in [-0.2, 0) is 0 Å². The van der Waals surface area contributed by atoms with Crippen LogP contribution in [0.4, 0.5) is 4.39 Å². The van der Waals surface area contributed by atoms with E-state index in [9.17, 15) is 4.39 Å². The summed E-state index contributed by atoms with van der Waals surface area (Å²) in [5, 5.41) is 0. The topological polar surface area (TPSA) is 12.5 Å². The number of rotatable bonds is 6. The molecule has 4 heteroatoms. The summed E-state index contributed by atoms with van der Waals surface area (Å²) in [5.74, 6) is 6.02. The lowest BCUT2D eigenvalue weighted by Gasteiger charge is -2.18. The van der Waals surface area contributed by atoms with Gasteiger partial charge in [-0.1, -0.05) is 25.7 Å². The van der Waals surface area contributed by atoms with Crippen LogP contribution in [0, 0.1) is 17.7 Å². The first kappa shape index (κ1) is 15.8. The van der Waals surface area contributed by atoms with Crippen molar-refractivity contribution in [2.45, 2.75) is 13.8 Å². The van der Waals surface area contributed by atoms with Crippen molar-refractivity contribution >= 4 is 11.6 Å². The molecule has 0 spiro atoms. The predicted molar refractivity (Wildman–Crippen MR) is 77.3 cm³/mol. The summed E-state index contributed by atoms with van der Waals surface area (Å²) < 4.78 is 18.8. The Morgan fingerprint density at radius 2 is 2.05 bits per heavy atom. The minimum absolute atomic E-state index is 0.246. The van der Waals surface area contributed by atoms with Crippen molar-refractivity contribution in [3.05, 3.63) is 29.6 Å². The van der Waals surface area contributed by atoms with E-state index in [2.05, 4.69) is 30.6 Å². The van der Waals surface area contributed by atoms with E-state index in [1.54, 1.807) is 6.07 Å². The third kappa shape index (κ3) is 5.50. The van der Waals surface area contributed by atoms with Crippen molar-refractivity contribution < 1.29 is 9.13 Å². The largest absolute Gasteiger partial charge is 0.491 e. The van der Waals surface area contributed by atoms with Gasteiger partial charge in [-0.2, -0.15) is 0 Å². The lowest BCUT2D eigenvalue weighted by molar-refractivity contribution is 0.222. The van der Waals surface area contributed by atoms with E-state index >= 15 is 0 Å². The third-order valence-corrected chi connectivity index (χ3v) is 2.93. The Bertz CT molecular complexity index is 449. The number of ether oxygens (including phenoxy) is 1. The van der Waals surface area contributed by atoms with Gasteiger partial charge in [0.15, 0.2) is 0 Å². The molecule has 0 saturated carbocycles. The highest BCUT2D eigenvalue weighted by atomic mass is 35.5. The molecule has 0 radical (unpaired) electrons.